The van der Waals surface area contributed by atoms with Gasteiger partial charge < -0.3 is 9.80 Å². The van der Waals surface area contributed by atoms with Gasteiger partial charge >= 0.3 is 0 Å². The third-order valence-corrected chi connectivity index (χ3v) is 5.95. The average Bonchev–Trinajstić information content (AvgIpc) is 2.86. The Morgan fingerprint density at radius 1 is 1.06 bits per heavy atom. The highest BCUT2D eigenvalue weighted by molar-refractivity contribution is 6.30. The predicted molar refractivity (Wildman–Crippen MR) is 136 cm³/mol. The molecule has 8 nitrogen and oxygen atoms in total. The number of rotatable bonds is 7. The first-order chi connectivity index (χ1) is 16.5. The van der Waals surface area contributed by atoms with Gasteiger partial charge in [-0.25, -0.2) is 10.1 Å². The number of amides is 1. The molecule has 1 aromatic heterocycles. The number of carbonyl (C=O) groups is 1. The van der Waals surface area contributed by atoms with Gasteiger partial charge in [-0.3, -0.25) is 9.59 Å². The highest BCUT2D eigenvalue weighted by atomic mass is 35.5. The van der Waals surface area contributed by atoms with Crippen LogP contribution < -0.4 is 20.8 Å². The molecular formula is C25H27ClN6O2. The fourth-order valence-electron chi connectivity index (χ4n) is 3.78. The minimum absolute atomic E-state index is 0.207. The lowest BCUT2D eigenvalue weighted by Gasteiger charge is -2.36. The summed E-state index contributed by atoms with van der Waals surface area (Å²) < 4.78 is 1.17. The van der Waals surface area contributed by atoms with E-state index in [0.29, 0.717) is 10.8 Å². The van der Waals surface area contributed by atoms with E-state index >= 15 is 0 Å². The van der Waals surface area contributed by atoms with Crippen LogP contribution in [0.15, 0.2) is 70.6 Å². The molecular weight excluding hydrogens is 452 g/mol. The molecule has 1 aliphatic heterocycles. The number of benzene rings is 2. The van der Waals surface area contributed by atoms with Crippen molar-refractivity contribution in [2.24, 2.45) is 5.10 Å². The monoisotopic (exact) mass is 478 g/mol. The van der Waals surface area contributed by atoms with Crippen LogP contribution in [0, 0.1) is 0 Å². The molecule has 0 radical (unpaired) electrons. The van der Waals surface area contributed by atoms with E-state index < -0.39 is 5.91 Å². The standard InChI is InChI=1S/C25H27ClN6O2/c1-2-19-6-8-20(9-7-19)17-27-28-24(33)18-32-25(34)11-10-23(29-32)31-14-12-30(13-15-31)22-5-3-4-21(26)16-22/h3-11,16-17H,2,12-15,18H2,1H3,(H,28,33)/b27-17+. The molecule has 1 fully saturated rings. The molecule has 0 unspecified atom stereocenters. The Hall–Kier alpha value is -3.65. The van der Waals surface area contributed by atoms with Gasteiger partial charge in [-0.05, 0) is 41.8 Å². The number of aromatic nitrogens is 2. The second-order valence-electron chi connectivity index (χ2n) is 8.03. The lowest BCUT2D eigenvalue weighted by molar-refractivity contribution is -0.121. The van der Waals surface area contributed by atoms with Gasteiger partial charge in [0.15, 0.2) is 0 Å². The number of nitrogens with one attached hydrogen (secondary N) is 1. The fourth-order valence-corrected chi connectivity index (χ4v) is 3.96. The zero-order chi connectivity index (χ0) is 23.9. The summed E-state index contributed by atoms with van der Waals surface area (Å²) in [6.45, 7) is 4.97. The summed E-state index contributed by atoms with van der Waals surface area (Å²) in [6.07, 6.45) is 2.54. The molecule has 0 bridgehead atoms. The van der Waals surface area contributed by atoms with Crippen molar-refractivity contribution in [2.45, 2.75) is 19.9 Å². The Balaban J connectivity index is 1.34. The van der Waals surface area contributed by atoms with Gasteiger partial charge in [0.25, 0.3) is 11.5 Å². The molecule has 1 N–H and O–H groups in total. The zero-order valence-electron chi connectivity index (χ0n) is 19.0. The molecule has 2 aromatic carbocycles. The van der Waals surface area contributed by atoms with Crippen LogP contribution in [-0.2, 0) is 17.8 Å². The van der Waals surface area contributed by atoms with E-state index in [1.54, 1.807) is 12.3 Å². The van der Waals surface area contributed by atoms with E-state index in [1.807, 2.05) is 48.5 Å². The average molecular weight is 479 g/mol. The summed E-state index contributed by atoms with van der Waals surface area (Å²) in [7, 11) is 0. The van der Waals surface area contributed by atoms with Gasteiger partial charge in [0.1, 0.15) is 12.4 Å². The number of nitrogens with zero attached hydrogens (tertiary/aromatic N) is 5. The molecule has 1 aliphatic rings. The molecule has 0 spiro atoms. The summed E-state index contributed by atoms with van der Waals surface area (Å²) in [5, 5.41) is 9.11. The largest absolute Gasteiger partial charge is 0.368 e. The second kappa shape index (κ2) is 11.0. The predicted octanol–water partition coefficient (Wildman–Crippen LogP) is 2.94. The highest BCUT2D eigenvalue weighted by Crippen LogP contribution is 2.22. The van der Waals surface area contributed by atoms with Crippen LogP contribution in [-0.4, -0.2) is 48.1 Å². The first kappa shape index (κ1) is 23.5. The van der Waals surface area contributed by atoms with E-state index in [9.17, 15) is 9.59 Å². The second-order valence-corrected chi connectivity index (χ2v) is 8.47. The molecule has 0 saturated carbocycles. The smallest absolute Gasteiger partial charge is 0.267 e. The molecule has 1 amide bonds. The summed E-state index contributed by atoms with van der Waals surface area (Å²) in [6, 6.07) is 18.9. The number of hydrogen-bond donors (Lipinski definition) is 1. The van der Waals surface area contributed by atoms with Gasteiger partial charge in [0.2, 0.25) is 0 Å². The first-order valence-electron chi connectivity index (χ1n) is 11.3. The number of hydrazone groups is 1. The Morgan fingerprint density at radius 2 is 1.79 bits per heavy atom. The number of aryl methyl sites for hydroxylation is 1. The van der Waals surface area contributed by atoms with Crippen molar-refractivity contribution in [3.05, 3.63) is 87.2 Å². The maximum Gasteiger partial charge on any atom is 0.267 e. The summed E-state index contributed by atoms with van der Waals surface area (Å²) in [5.74, 6) is 0.247. The Labute approximate surface area is 203 Å². The van der Waals surface area contributed by atoms with Crippen LogP contribution in [0.4, 0.5) is 11.5 Å². The van der Waals surface area contributed by atoms with E-state index in [-0.39, 0.29) is 12.1 Å². The third-order valence-electron chi connectivity index (χ3n) is 5.71. The van der Waals surface area contributed by atoms with Crippen molar-refractivity contribution in [1.29, 1.82) is 0 Å². The van der Waals surface area contributed by atoms with Gasteiger partial charge in [0, 0.05) is 43.0 Å². The maximum atomic E-state index is 12.3. The number of halogens is 1. The summed E-state index contributed by atoms with van der Waals surface area (Å²) >= 11 is 6.12. The van der Waals surface area contributed by atoms with E-state index in [0.717, 1.165) is 43.9 Å². The minimum atomic E-state index is -0.418. The molecule has 0 atom stereocenters. The van der Waals surface area contributed by atoms with Gasteiger partial charge in [-0.1, -0.05) is 48.9 Å². The molecule has 176 valence electrons. The molecule has 1 saturated heterocycles. The molecule has 2 heterocycles. The minimum Gasteiger partial charge on any atom is -0.368 e. The zero-order valence-corrected chi connectivity index (χ0v) is 19.8. The Kier molecular flexibility index (Phi) is 7.59. The number of anilines is 2. The summed E-state index contributed by atoms with van der Waals surface area (Å²) in [5.41, 5.74) is 5.33. The molecule has 0 aliphatic carbocycles. The molecule has 9 heteroatoms. The maximum absolute atomic E-state index is 12.3. The van der Waals surface area contributed by atoms with Gasteiger partial charge in [-0.2, -0.15) is 10.2 Å². The normalized spacial score (nSPS) is 13.9. The van der Waals surface area contributed by atoms with Crippen molar-refractivity contribution < 1.29 is 4.79 Å². The Morgan fingerprint density at radius 3 is 2.50 bits per heavy atom. The van der Waals surface area contributed by atoms with E-state index in [4.69, 9.17) is 11.6 Å². The van der Waals surface area contributed by atoms with Crippen LogP contribution in [0.2, 0.25) is 5.02 Å². The van der Waals surface area contributed by atoms with Crippen molar-refractivity contribution in [3.63, 3.8) is 0 Å². The quantitative estimate of drug-likeness (QED) is 0.417. The lowest BCUT2D eigenvalue weighted by Crippen LogP contribution is -2.47. The Bertz CT molecular complexity index is 1220. The fraction of sp³-hybridized carbons (Fsp3) is 0.280. The van der Waals surface area contributed by atoms with Crippen molar-refractivity contribution >= 4 is 35.2 Å². The number of hydrogen-bond acceptors (Lipinski definition) is 6. The van der Waals surface area contributed by atoms with Crippen LogP contribution in [0.1, 0.15) is 18.1 Å². The van der Waals surface area contributed by atoms with Crippen LogP contribution in [0.3, 0.4) is 0 Å². The van der Waals surface area contributed by atoms with Crippen LogP contribution >= 0.6 is 11.6 Å². The van der Waals surface area contributed by atoms with Crippen molar-refractivity contribution in [3.8, 4) is 0 Å². The lowest BCUT2D eigenvalue weighted by atomic mass is 10.1. The van der Waals surface area contributed by atoms with Gasteiger partial charge in [-0.15, -0.1) is 0 Å². The van der Waals surface area contributed by atoms with E-state index in [1.165, 1.54) is 16.3 Å². The van der Waals surface area contributed by atoms with Gasteiger partial charge in [0.05, 0.1) is 6.21 Å². The third kappa shape index (κ3) is 6.02. The first-order valence-corrected chi connectivity index (χ1v) is 11.6. The van der Waals surface area contributed by atoms with E-state index in [2.05, 4.69) is 32.3 Å². The highest BCUT2D eigenvalue weighted by Gasteiger charge is 2.19. The summed E-state index contributed by atoms with van der Waals surface area (Å²) in [4.78, 5) is 28.9. The molecule has 4 rings (SSSR count). The number of piperazine rings is 1. The van der Waals surface area contributed by atoms with Crippen LogP contribution in [0.5, 0.6) is 0 Å². The van der Waals surface area contributed by atoms with Crippen molar-refractivity contribution in [1.82, 2.24) is 15.2 Å². The molecule has 34 heavy (non-hydrogen) atoms. The SMILES string of the molecule is CCc1ccc(/C=N/NC(=O)Cn2nc(N3CCN(c4cccc(Cl)c4)CC3)ccc2=O)cc1. The van der Waals surface area contributed by atoms with Crippen molar-refractivity contribution in [2.75, 3.05) is 36.0 Å². The topological polar surface area (TPSA) is 82.8 Å². The molecule has 3 aromatic rings. The number of carbonyl (C=O) groups excluding carboxylic acids is 1. The van der Waals surface area contributed by atoms with Crippen LogP contribution in [0.25, 0.3) is 0 Å².